The topological polar surface area (TPSA) is 47.3 Å². The van der Waals surface area contributed by atoms with Crippen LogP contribution in [-0.2, 0) is 11.3 Å². The van der Waals surface area contributed by atoms with Crippen molar-refractivity contribution in [3.8, 4) is 11.3 Å². The Balaban J connectivity index is 2.04. The van der Waals surface area contributed by atoms with Crippen LogP contribution in [0.1, 0.15) is 5.89 Å². The fraction of sp³-hybridized carbons (Fsp3) is 0.308. The van der Waals surface area contributed by atoms with Crippen LogP contribution < -0.4 is 5.32 Å². The van der Waals surface area contributed by atoms with E-state index in [9.17, 15) is 4.39 Å². The number of benzene rings is 1. The van der Waals surface area contributed by atoms with Crippen molar-refractivity contribution in [3.63, 3.8) is 0 Å². The first kappa shape index (κ1) is 14.2. The SMILES string of the molecule is COCCNCc1ncc(-c2ccc(F)cc2Br)o1. The molecule has 0 bridgehead atoms. The number of nitrogens with zero attached hydrogens (tertiary/aromatic N) is 1. The van der Waals surface area contributed by atoms with Gasteiger partial charge < -0.3 is 14.5 Å². The Labute approximate surface area is 119 Å². The number of ether oxygens (including phenoxy) is 1. The van der Waals surface area contributed by atoms with Crippen LogP contribution in [0.4, 0.5) is 4.39 Å². The molecule has 0 atom stereocenters. The molecule has 4 nitrogen and oxygen atoms in total. The van der Waals surface area contributed by atoms with Crippen LogP contribution in [0.5, 0.6) is 0 Å². The molecule has 0 aliphatic carbocycles. The molecule has 1 heterocycles. The van der Waals surface area contributed by atoms with Gasteiger partial charge in [-0.15, -0.1) is 0 Å². The van der Waals surface area contributed by atoms with Gasteiger partial charge in [-0.3, -0.25) is 0 Å². The summed E-state index contributed by atoms with van der Waals surface area (Å²) in [5, 5.41) is 3.14. The molecule has 0 unspecified atom stereocenters. The molecule has 1 aromatic carbocycles. The molecule has 0 aliphatic heterocycles. The average Bonchev–Trinajstić information content (AvgIpc) is 2.83. The summed E-state index contributed by atoms with van der Waals surface area (Å²) < 4.78 is 24.2. The minimum atomic E-state index is -0.295. The van der Waals surface area contributed by atoms with E-state index in [0.29, 0.717) is 29.3 Å². The molecular weight excluding hydrogens is 315 g/mol. The zero-order valence-electron chi connectivity index (χ0n) is 10.5. The fourth-order valence-electron chi connectivity index (χ4n) is 1.58. The Morgan fingerprint density at radius 1 is 1.47 bits per heavy atom. The van der Waals surface area contributed by atoms with Gasteiger partial charge in [0.2, 0.25) is 5.89 Å². The monoisotopic (exact) mass is 328 g/mol. The van der Waals surface area contributed by atoms with E-state index in [1.807, 2.05) is 0 Å². The average molecular weight is 329 g/mol. The number of hydrogen-bond donors (Lipinski definition) is 1. The lowest BCUT2D eigenvalue weighted by Crippen LogP contribution is -2.18. The zero-order valence-corrected chi connectivity index (χ0v) is 12.0. The Morgan fingerprint density at radius 3 is 3.05 bits per heavy atom. The molecule has 0 fully saturated rings. The molecule has 19 heavy (non-hydrogen) atoms. The lowest BCUT2D eigenvalue weighted by molar-refractivity contribution is 0.198. The van der Waals surface area contributed by atoms with E-state index < -0.39 is 0 Å². The predicted molar refractivity (Wildman–Crippen MR) is 73.2 cm³/mol. The number of hydrogen-bond acceptors (Lipinski definition) is 4. The predicted octanol–water partition coefficient (Wildman–Crippen LogP) is 2.98. The van der Waals surface area contributed by atoms with Crippen LogP contribution in [0.15, 0.2) is 33.3 Å². The highest BCUT2D eigenvalue weighted by molar-refractivity contribution is 9.10. The van der Waals surface area contributed by atoms with Crippen molar-refractivity contribution in [2.45, 2.75) is 6.54 Å². The summed E-state index contributed by atoms with van der Waals surface area (Å²) in [7, 11) is 1.65. The van der Waals surface area contributed by atoms with Gasteiger partial charge >= 0.3 is 0 Å². The second-order valence-electron chi connectivity index (χ2n) is 3.91. The second-order valence-corrected chi connectivity index (χ2v) is 4.77. The first-order valence-electron chi connectivity index (χ1n) is 5.80. The number of aromatic nitrogens is 1. The third kappa shape index (κ3) is 3.86. The van der Waals surface area contributed by atoms with Crippen molar-refractivity contribution >= 4 is 15.9 Å². The highest BCUT2D eigenvalue weighted by Crippen LogP contribution is 2.29. The van der Waals surface area contributed by atoms with Gasteiger partial charge in [-0.25, -0.2) is 9.37 Å². The number of oxazole rings is 1. The molecule has 0 saturated heterocycles. The number of nitrogens with one attached hydrogen (secondary N) is 1. The van der Waals surface area contributed by atoms with Gasteiger partial charge in [0.05, 0.1) is 19.3 Å². The first-order valence-corrected chi connectivity index (χ1v) is 6.60. The van der Waals surface area contributed by atoms with E-state index >= 15 is 0 Å². The summed E-state index contributed by atoms with van der Waals surface area (Å²) in [6, 6.07) is 4.44. The lowest BCUT2D eigenvalue weighted by atomic mass is 10.2. The van der Waals surface area contributed by atoms with Crippen LogP contribution in [0.2, 0.25) is 0 Å². The van der Waals surface area contributed by atoms with Crippen molar-refractivity contribution < 1.29 is 13.5 Å². The van der Waals surface area contributed by atoms with Crippen LogP contribution >= 0.6 is 15.9 Å². The molecule has 0 aliphatic rings. The molecular formula is C13H14BrFN2O2. The van der Waals surface area contributed by atoms with Gasteiger partial charge in [0, 0.05) is 23.7 Å². The van der Waals surface area contributed by atoms with Gasteiger partial charge in [-0.1, -0.05) is 0 Å². The number of methoxy groups -OCH3 is 1. The molecule has 1 N–H and O–H groups in total. The van der Waals surface area contributed by atoms with E-state index in [2.05, 4.69) is 26.2 Å². The maximum Gasteiger partial charge on any atom is 0.208 e. The van der Waals surface area contributed by atoms with Crippen LogP contribution in [0.25, 0.3) is 11.3 Å². The Kier molecular flexibility index (Phi) is 5.07. The number of rotatable bonds is 6. The first-order chi connectivity index (χ1) is 9.20. The van der Waals surface area contributed by atoms with Crippen molar-refractivity contribution in [3.05, 3.63) is 40.6 Å². The van der Waals surface area contributed by atoms with E-state index in [4.69, 9.17) is 9.15 Å². The molecule has 102 valence electrons. The van der Waals surface area contributed by atoms with E-state index in [1.54, 1.807) is 19.4 Å². The summed E-state index contributed by atoms with van der Waals surface area (Å²) in [4.78, 5) is 4.17. The van der Waals surface area contributed by atoms with Crippen LogP contribution in [0, 0.1) is 5.82 Å². The summed E-state index contributed by atoms with van der Waals surface area (Å²) in [6.45, 7) is 1.90. The summed E-state index contributed by atoms with van der Waals surface area (Å²) in [6.07, 6.45) is 1.63. The van der Waals surface area contributed by atoms with Crippen molar-refractivity contribution in [1.29, 1.82) is 0 Å². The molecule has 0 radical (unpaired) electrons. The molecule has 0 saturated carbocycles. The van der Waals surface area contributed by atoms with E-state index in [-0.39, 0.29) is 5.82 Å². The van der Waals surface area contributed by atoms with Gasteiger partial charge in [-0.05, 0) is 34.1 Å². The maximum absolute atomic E-state index is 13.0. The summed E-state index contributed by atoms with van der Waals surface area (Å²) in [5.41, 5.74) is 0.775. The molecule has 0 spiro atoms. The Morgan fingerprint density at radius 2 is 2.32 bits per heavy atom. The Hall–Kier alpha value is -1.24. The molecule has 1 aromatic heterocycles. The van der Waals surface area contributed by atoms with Crippen LogP contribution in [-0.4, -0.2) is 25.2 Å². The maximum atomic E-state index is 13.0. The minimum Gasteiger partial charge on any atom is -0.439 e. The molecule has 2 rings (SSSR count). The number of halogens is 2. The lowest BCUT2D eigenvalue weighted by Gasteiger charge is -2.01. The third-order valence-electron chi connectivity index (χ3n) is 2.51. The third-order valence-corrected chi connectivity index (χ3v) is 3.17. The summed E-state index contributed by atoms with van der Waals surface area (Å²) >= 11 is 3.31. The highest BCUT2D eigenvalue weighted by Gasteiger charge is 2.10. The molecule has 0 amide bonds. The van der Waals surface area contributed by atoms with Crippen molar-refractivity contribution in [1.82, 2.24) is 10.3 Å². The quantitative estimate of drug-likeness (QED) is 0.828. The normalized spacial score (nSPS) is 10.9. The van der Waals surface area contributed by atoms with Crippen LogP contribution in [0.3, 0.4) is 0 Å². The van der Waals surface area contributed by atoms with Crippen molar-refractivity contribution in [2.24, 2.45) is 0 Å². The van der Waals surface area contributed by atoms with Crippen molar-refractivity contribution in [2.75, 3.05) is 20.3 Å². The van der Waals surface area contributed by atoms with E-state index in [0.717, 1.165) is 12.1 Å². The van der Waals surface area contributed by atoms with Gasteiger partial charge in [0.25, 0.3) is 0 Å². The Bertz CT molecular complexity index is 545. The van der Waals surface area contributed by atoms with Gasteiger partial charge in [0.15, 0.2) is 5.76 Å². The fourth-order valence-corrected chi connectivity index (χ4v) is 2.12. The highest BCUT2D eigenvalue weighted by atomic mass is 79.9. The zero-order chi connectivity index (χ0) is 13.7. The summed E-state index contributed by atoms with van der Waals surface area (Å²) in [5.74, 6) is 0.898. The largest absolute Gasteiger partial charge is 0.439 e. The van der Waals surface area contributed by atoms with Gasteiger partial charge in [0.1, 0.15) is 5.82 Å². The van der Waals surface area contributed by atoms with E-state index in [1.165, 1.54) is 12.1 Å². The molecule has 6 heteroatoms. The molecule has 2 aromatic rings. The van der Waals surface area contributed by atoms with Gasteiger partial charge in [-0.2, -0.15) is 0 Å². The standard InChI is InChI=1S/C13H14BrFN2O2/c1-18-5-4-16-8-13-17-7-12(19-13)10-3-2-9(15)6-11(10)14/h2-3,6-7,16H,4-5,8H2,1H3. The second kappa shape index (κ2) is 6.79. The smallest absolute Gasteiger partial charge is 0.208 e. The minimum absolute atomic E-state index is 0.295.